The fourth-order valence-electron chi connectivity index (χ4n) is 2.05. The number of amides is 1. The molecule has 9 heteroatoms. The van der Waals surface area contributed by atoms with E-state index in [0.29, 0.717) is 10.0 Å². The molecule has 0 radical (unpaired) electrons. The van der Waals surface area contributed by atoms with E-state index in [2.05, 4.69) is 20.6 Å². The van der Waals surface area contributed by atoms with Gasteiger partial charge in [0.15, 0.2) is 0 Å². The van der Waals surface area contributed by atoms with Crippen LogP contribution in [-0.2, 0) is 4.79 Å². The molecule has 7 nitrogen and oxygen atoms in total. The quantitative estimate of drug-likeness (QED) is 0.762. The molecule has 0 saturated heterocycles. The van der Waals surface area contributed by atoms with Crippen molar-refractivity contribution in [2.24, 2.45) is 0 Å². The predicted octanol–water partition coefficient (Wildman–Crippen LogP) is 3.09. The fourth-order valence-corrected chi connectivity index (χ4v) is 2.62. The first-order chi connectivity index (χ1) is 11.9. The summed E-state index contributed by atoms with van der Waals surface area (Å²) in [5, 5.41) is 6.76. The van der Waals surface area contributed by atoms with Gasteiger partial charge in [0, 0.05) is 16.1 Å². The minimum absolute atomic E-state index is 0.0447. The number of hydrogen-bond donors (Lipinski definition) is 2. The minimum atomic E-state index is -0.313. The zero-order valence-electron chi connectivity index (χ0n) is 14.0. The number of ether oxygens (including phenoxy) is 2. The fraction of sp³-hybridized carbons (Fsp3) is 0.312. The first-order valence-electron chi connectivity index (χ1n) is 7.38. The summed E-state index contributed by atoms with van der Waals surface area (Å²) in [4.78, 5) is 20.2. The molecule has 1 aromatic heterocycles. The van der Waals surface area contributed by atoms with Crippen LogP contribution in [0, 0.1) is 0 Å². The summed E-state index contributed by atoms with van der Waals surface area (Å²) in [6.07, 6.45) is 0. The molecule has 0 saturated carbocycles. The SMILES string of the molecule is COc1cc(OC)nc(NC(=O)CNC(C)c2ccc(Cl)cc2Cl)n1. The second-order valence-electron chi connectivity index (χ2n) is 5.09. The maximum atomic E-state index is 12.1. The summed E-state index contributed by atoms with van der Waals surface area (Å²) in [5.41, 5.74) is 0.846. The Labute approximate surface area is 155 Å². The number of methoxy groups -OCH3 is 2. The molecule has 1 atom stereocenters. The van der Waals surface area contributed by atoms with E-state index in [1.807, 2.05) is 13.0 Å². The van der Waals surface area contributed by atoms with E-state index in [4.69, 9.17) is 32.7 Å². The van der Waals surface area contributed by atoms with E-state index >= 15 is 0 Å². The average Bonchev–Trinajstić information content (AvgIpc) is 2.59. The van der Waals surface area contributed by atoms with Crippen LogP contribution >= 0.6 is 23.2 Å². The van der Waals surface area contributed by atoms with Crippen molar-refractivity contribution < 1.29 is 14.3 Å². The first kappa shape index (κ1) is 19.2. The number of carbonyl (C=O) groups excluding carboxylic acids is 1. The molecule has 1 heterocycles. The van der Waals surface area contributed by atoms with Crippen LogP contribution < -0.4 is 20.1 Å². The molecule has 2 rings (SSSR count). The summed E-state index contributed by atoms with van der Waals surface area (Å²) < 4.78 is 10.1. The lowest BCUT2D eigenvalue weighted by molar-refractivity contribution is -0.115. The number of carbonyl (C=O) groups is 1. The Morgan fingerprint density at radius 3 is 2.36 bits per heavy atom. The van der Waals surface area contributed by atoms with Gasteiger partial charge in [-0.25, -0.2) is 0 Å². The Morgan fingerprint density at radius 1 is 1.16 bits per heavy atom. The van der Waals surface area contributed by atoms with Crippen LogP contribution in [0.15, 0.2) is 24.3 Å². The normalized spacial score (nSPS) is 11.7. The molecule has 0 aliphatic carbocycles. The van der Waals surface area contributed by atoms with E-state index in [1.165, 1.54) is 20.3 Å². The Hall–Kier alpha value is -2.09. The van der Waals surface area contributed by atoms with Gasteiger partial charge >= 0.3 is 0 Å². The van der Waals surface area contributed by atoms with Gasteiger partial charge < -0.3 is 14.8 Å². The van der Waals surface area contributed by atoms with Crippen molar-refractivity contribution in [3.8, 4) is 11.8 Å². The van der Waals surface area contributed by atoms with Crippen LogP contribution in [0.1, 0.15) is 18.5 Å². The third kappa shape index (κ3) is 5.45. The zero-order valence-corrected chi connectivity index (χ0v) is 15.5. The lowest BCUT2D eigenvalue weighted by atomic mass is 10.1. The van der Waals surface area contributed by atoms with E-state index in [1.54, 1.807) is 12.1 Å². The van der Waals surface area contributed by atoms with Crippen LogP contribution in [0.5, 0.6) is 11.8 Å². The van der Waals surface area contributed by atoms with Crippen molar-refractivity contribution in [3.63, 3.8) is 0 Å². The van der Waals surface area contributed by atoms with E-state index in [-0.39, 0.29) is 36.2 Å². The molecule has 2 aromatic rings. The molecule has 1 aromatic carbocycles. The number of aromatic nitrogens is 2. The van der Waals surface area contributed by atoms with Gasteiger partial charge in [-0.05, 0) is 24.6 Å². The third-order valence-corrected chi connectivity index (χ3v) is 3.91. The van der Waals surface area contributed by atoms with Crippen LogP contribution in [0.2, 0.25) is 10.0 Å². The maximum absolute atomic E-state index is 12.1. The number of hydrogen-bond acceptors (Lipinski definition) is 6. The number of anilines is 1. The van der Waals surface area contributed by atoms with Crippen molar-refractivity contribution in [1.82, 2.24) is 15.3 Å². The van der Waals surface area contributed by atoms with Gasteiger partial charge in [0.25, 0.3) is 0 Å². The number of benzene rings is 1. The molecule has 0 bridgehead atoms. The van der Waals surface area contributed by atoms with Crippen molar-refractivity contribution in [2.45, 2.75) is 13.0 Å². The highest BCUT2D eigenvalue weighted by molar-refractivity contribution is 6.35. The van der Waals surface area contributed by atoms with Crippen molar-refractivity contribution >= 4 is 35.1 Å². The van der Waals surface area contributed by atoms with Crippen molar-refractivity contribution in [2.75, 3.05) is 26.1 Å². The Kier molecular flexibility index (Phi) is 6.81. The lowest BCUT2D eigenvalue weighted by Crippen LogP contribution is -2.30. The van der Waals surface area contributed by atoms with E-state index in [9.17, 15) is 4.79 Å². The second kappa shape index (κ2) is 8.84. The first-order valence-corrected chi connectivity index (χ1v) is 8.13. The Morgan fingerprint density at radius 2 is 1.80 bits per heavy atom. The smallest absolute Gasteiger partial charge is 0.240 e. The molecular weight excluding hydrogens is 367 g/mol. The Bertz CT molecular complexity index is 736. The zero-order chi connectivity index (χ0) is 18.4. The maximum Gasteiger partial charge on any atom is 0.240 e. The van der Waals surface area contributed by atoms with Gasteiger partial charge in [-0.15, -0.1) is 0 Å². The topological polar surface area (TPSA) is 85.4 Å². The second-order valence-corrected chi connectivity index (χ2v) is 5.94. The van der Waals surface area contributed by atoms with E-state index in [0.717, 1.165) is 5.56 Å². The number of nitrogens with one attached hydrogen (secondary N) is 2. The van der Waals surface area contributed by atoms with Crippen molar-refractivity contribution in [1.29, 1.82) is 0 Å². The van der Waals surface area contributed by atoms with Crippen LogP contribution in [0.25, 0.3) is 0 Å². The highest BCUT2D eigenvalue weighted by Gasteiger charge is 2.13. The molecule has 134 valence electrons. The van der Waals surface area contributed by atoms with Crippen LogP contribution in [0.4, 0.5) is 5.95 Å². The lowest BCUT2D eigenvalue weighted by Gasteiger charge is -2.15. The third-order valence-electron chi connectivity index (χ3n) is 3.35. The Balaban J connectivity index is 1.96. The monoisotopic (exact) mass is 384 g/mol. The van der Waals surface area contributed by atoms with Gasteiger partial charge in [-0.1, -0.05) is 29.3 Å². The van der Waals surface area contributed by atoms with Crippen LogP contribution in [0.3, 0.4) is 0 Å². The average molecular weight is 385 g/mol. The number of nitrogens with zero attached hydrogens (tertiary/aromatic N) is 2. The van der Waals surface area contributed by atoms with E-state index < -0.39 is 0 Å². The molecule has 0 aliphatic heterocycles. The molecule has 0 fully saturated rings. The largest absolute Gasteiger partial charge is 0.481 e. The molecule has 2 N–H and O–H groups in total. The van der Waals surface area contributed by atoms with Gasteiger partial charge in [0.2, 0.25) is 23.6 Å². The summed E-state index contributed by atoms with van der Waals surface area (Å²) in [6.45, 7) is 1.94. The molecule has 0 aliphatic rings. The molecule has 25 heavy (non-hydrogen) atoms. The van der Waals surface area contributed by atoms with Gasteiger partial charge in [0.1, 0.15) is 0 Å². The predicted molar refractivity (Wildman–Crippen MR) is 96.6 cm³/mol. The standard InChI is InChI=1S/C16H18Cl2N4O3/c1-9(11-5-4-10(17)6-12(11)18)19-8-13(23)20-16-21-14(24-2)7-15(22-16)25-3/h4-7,9,19H,8H2,1-3H3,(H,20,21,22,23). The molecular formula is C16H18Cl2N4O3. The minimum Gasteiger partial charge on any atom is -0.481 e. The summed E-state index contributed by atoms with van der Waals surface area (Å²) >= 11 is 12.0. The molecule has 1 unspecified atom stereocenters. The summed E-state index contributed by atoms with van der Waals surface area (Å²) in [5.74, 6) is 0.361. The van der Waals surface area contributed by atoms with Crippen molar-refractivity contribution in [3.05, 3.63) is 39.9 Å². The highest BCUT2D eigenvalue weighted by atomic mass is 35.5. The molecule has 1 amide bonds. The summed E-state index contributed by atoms with van der Waals surface area (Å²) in [7, 11) is 2.93. The van der Waals surface area contributed by atoms with Gasteiger partial charge in [-0.2, -0.15) is 9.97 Å². The van der Waals surface area contributed by atoms with Crippen LogP contribution in [-0.4, -0.2) is 36.6 Å². The van der Waals surface area contributed by atoms with Gasteiger partial charge in [0.05, 0.1) is 26.8 Å². The number of halogens is 2. The summed E-state index contributed by atoms with van der Waals surface area (Å²) in [6, 6.07) is 6.59. The van der Waals surface area contributed by atoms with Gasteiger partial charge in [-0.3, -0.25) is 10.1 Å². The molecule has 0 spiro atoms. The number of rotatable bonds is 7. The highest BCUT2D eigenvalue weighted by Crippen LogP contribution is 2.26.